The molecule has 1 amide bonds. The number of hydrogen-bond donors (Lipinski definition) is 1. The van der Waals surface area contributed by atoms with Crippen LogP contribution in [0.3, 0.4) is 0 Å². The summed E-state index contributed by atoms with van der Waals surface area (Å²) in [5.41, 5.74) is 4.99. The Morgan fingerprint density at radius 2 is 1.97 bits per heavy atom. The number of piperidine rings is 1. The van der Waals surface area contributed by atoms with Gasteiger partial charge in [-0.2, -0.15) is 0 Å². The van der Waals surface area contributed by atoms with Crippen LogP contribution in [-0.2, 0) is 4.79 Å². The van der Waals surface area contributed by atoms with Gasteiger partial charge in [0.2, 0.25) is 5.91 Å². The average Bonchev–Trinajstić information content (AvgIpc) is 3.33. The number of fused-ring (bicyclic) bond motifs is 1. The van der Waals surface area contributed by atoms with Crippen LogP contribution in [0.25, 0.3) is 10.3 Å². The first-order valence-corrected chi connectivity index (χ1v) is 13.7. The van der Waals surface area contributed by atoms with Crippen LogP contribution < -0.4 is 15.1 Å². The molecule has 8 heteroatoms. The van der Waals surface area contributed by atoms with Gasteiger partial charge in [0, 0.05) is 57.7 Å². The molecule has 7 nitrogen and oxygen atoms in total. The first-order valence-electron chi connectivity index (χ1n) is 12.9. The van der Waals surface area contributed by atoms with E-state index < -0.39 is 0 Å². The molecular formula is C27H36N6OS. The second kappa shape index (κ2) is 10.9. The Morgan fingerprint density at radius 1 is 1.11 bits per heavy atom. The number of anilines is 2. The van der Waals surface area contributed by atoms with Gasteiger partial charge in [-0.25, -0.2) is 9.97 Å². The Morgan fingerprint density at radius 3 is 2.80 bits per heavy atom. The van der Waals surface area contributed by atoms with Crippen molar-refractivity contribution in [1.29, 1.82) is 0 Å². The highest BCUT2D eigenvalue weighted by atomic mass is 32.1. The van der Waals surface area contributed by atoms with Crippen LogP contribution in [0.2, 0.25) is 0 Å². The van der Waals surface area contributed by atoms with Crippen molar-refractivity contribution < 1.29 is 4.79 Å². The molecule has 2 aliphatic heterocycles. The summed E-state index contributed by atoms with van der Waals surface area (Å²) in [6.45, 7) is 12.1. The quantitative estimate of drug-likeness (QED) is 0.506. The second-order valence-corrected chi connectivity index (χ2v) is 10.8. The monoisotopic (exact) mass is 492 g/mol. The molecule has 0 radical (unpaired) electrons. The van der Waals surface area contributed by atoms with Crippen LogP contribution in [0, 0.1) is 19.8 Å². The number of thiazole rings is 1. The number of carbonyl (C=O) groups is 1. The normalized spacial score (nSPS) is 19.3. The number of pyridine rings is 1. The van der Waals surface area contributed by atoms with E-state index in [-0.39, 0.29) is 11.8 Å². The molecule has 1 aromatic carbocycles. The molecule has 5 rings (SSSR count). The summed E-state index contributed by atoms with van der Waals surface area (Å²) in [5, 5.41) is 4.19. The highest BCUT2D eigenvalue weighted by molar-refractivity contribution is 7.21. The third kappa shape index (κ3) is 5.76. The molecule has 35 heavy (non-hydrogen) atoms. The molecule has 1 atom stereocenters. The smallest absolute Gasteiger partial charge is 0.224 e. The Hall–Kier alpha value is -2.71. The molecule has 2 aliphatic rings. The predicted octanol–water partition coefficient (Wildman–Crippen LogP) is 3.85. The fourth-order valence-corrected chi connectivity index (χ4v) is 6.13. The maximum Gasteiger partial charge on any atom is 0.224 e. The highest BCUT2D eigenvalue weighted by Gasteiger charge is 2.27. The molecular weight excluding hydrogens is 456 g/mol. The molecule has 0 spiro atoms. The molecule has 186 valence electrons. The lowest BCUT2D eigenvalue weighted by molar-refractivity contribution is -0.125. The van der Waals surface area contributed by atoms with Gasteiger partial charge in [-0.05, 0) is 69.0 Å². The zero-order chi connectivity index (χ0) is 24.2. The van der Waals surface area contributed by atoms with Crippen molar-refractivity contribution in [2.24, 2.45) is 5.92 Å². The van der Waals surface area contributed by atoms with E-state index in [0.717, 1.165) is 87.1 Å². The molecule has 4 heterocycles. The number of piperazine rings is 1. The fourth-order valence-electron chi connectivity index (χ4n) is 5.19. The summed E-state index contributed by atoms with van der Waals surface area (Å²) in [6.07, 6.45) is 4.77. The standard InChI is InChI=1S/C27H36N6OS/c1-20-8-9-21(2)24(18-20)32-16-14-31(15-17-32)12-5-11-28-25(34)22-6-4-13-33(19-22)27-30-23-7-3-10-29-26(23)35-27/h3,7-10,18,22H,4-6,11-17,19H2,1-2H3,(H,28,34)/t22-/m0/s1. The van der Waals surface area contributed by atoms with Gasteiger partial charge in [0.05, 0.1) is 5.92 Å². The van der Waals surface area contributed by atoms with Crippen LogP contribution >= 0.6 is 11.3 Å². The van der Waals surface area contributed by atoms with E-state index in [2.05, 4.69) is 57.0 Å². The minimum atomic E-state index is 0.0323. The van der Waals surface area contributed by atoms with Gasteiger partial charge in [-0.3, -0.25) is 9.69 Å². The number of aromatic nitrogens is 2. The first kappa shape index (κ1) is 24.0. The van der Waals surface area contributed by atoms with Gasteiger partial charge in [0.15, 0.2) is 5.13 Å². The Kier molecular flexibility index (Phi) is 7.48. The van der Waals surface area contributed by atoms with Crippen molar-refractivity contribution in [3.05, 3.63) is 47.7 Å². The second-order valence-electron chi connectivity index (χ2n) is 9.87. The van der Waals surface area contributed by atoms with Crippen molar-refractivity contribution >= 4 is 38.4 Å². The van der Waals surface area contributed by atoms with E-state index in [1.807, 2.05) is 18.3 Å². The van der Waals surface area contributed by atoms with Crippen LogP contribution in [0.15, 0.2) is 36.5 Å². The van der Waals surface area contributed by atoms with Crippen molar-refractivity contribution in [3.63, 3.8) is 0 Å². The first-order chi connectivity index (χ1) is 17.1. The van der Waals surface area contributed by atoms with Crippen molar-refractivity contribution in [2.45, 2.75) is 33.1 Å². The van der Waals surface area contributed by atoms with Crippen LogP contribution in [0.4, 0.5) is 10.8 Å². The maximum absolute atomic E-state index is 12.9. The van der Waals surface area contributed by atoms with Crippen molar-refractivity contribution in [2.75, 3.05) is 62.2 Å². The van der Waals surface area contributed by atoms with E-state index in [1.165, 1.54) is 16.8 Å². The lowest BCUT2D eigenvalue weighted by Crippen LogP contribution is -2.47. The summed E-state index contributed by atoms with van der Waals surface area (Å²) in [6, 6.07) is 10.6. The number of rotatable bonds is 7. The maximum atomic E-state index is 12.9. The topological polar surface area (TPSA) is 64.6 Å². The summed E-state index contributed by atoms with van der Waals surface area (Å²) >= 11 is 1.62. The molecule has 2 saturated heterocycles. The molecule has 0 bridgehead atoms. The molecule has 2 aromatic heterocycles. The SMILES string of the molecule is Cc1ccc(C)c(N2CCN(CCCNC(=O)[C@H]3CCCN(c4nc5cccnc5s4)C3)CC2)c1. The van der Waals surface area contributed by atoms with Gasteiger partial charge >= 0.3 is 0 Å². The third-order valence-corrected chi connectivity index (χ3v) is 8.29. The largest absolute Gasteiger partial charge is 0.369 e. The Labute approximate surface area is 212 Å². The molecule has 1 N–H and O–H groups in total. The van der Waals surface area contributed by atoms with E-state index in [1.54, 1.807) is 11.3 Å². The number of carbonyl (C=O) groups excluding carboxylic acids is 1. The van der Waals surface area contributed by atoms with E-state index in [0.29, 0.717) is 0 Å². The van der Waals surface area contributed by atoms with Gasteiger partial charge in [-0.15, -0.1) is 0 Å². The van der Waals surface area contributed by atoms with Gasteiger partial charge in [0.25, 0.3) is 0 Å². The van der Waals surface area contributed by atoms with Gasteiger partial charge < -0.3 is 15.1 Å². The molecule has 2 fully saturated rings. The fraction of sp³-hybridized carbons (Fsp3) is 0.519. The number of aryl methyl sites for hydroxylation is 2. The summed E-state index contributed by atoms with van der Waals surface area (Å²) in [4.78, 5) is 30.3. The summed E-state index contributed by atoms with van der Waals surface area (Å²) < 4.78 is 0. The molecule has 0 unspecified atom stereocenters. The van der Waals surface area contributed by atoms with E-state index in [4.69, 9.17) is 4.98 Å². The summed E-state index contributed by atoms with van der Waals surface area (Å²) in [5.74, 6) is 0.221. The average molecular weight is 493 g/mol. The van der Waals surface area contributed by atoms with Crippen LogP contribution in [-0.4, -0.2) is 73.1 Å². The minimum Gasteiger partial charge on any atom is -0.369 e. The Balaban J connectivity index is 1.03. The summed E-state index contributed by atoms with van der Waals surface area (Å²) in [7, 11) is 0. The number of benzene rings is 1. The third-order valence-electron chi connectivity index (χ3n) is 7.25. The molecule has 0 saturated carbocycles. The predicted molar refractivity (Wildman–Crippen MR) is 145 cm³/mol. The van der Waals surface area contributed by atoms with Crippen molar-refractivity contribution in [3.8, 4) is 0 Å². The Bertz CT molecular complexity index is 1120. The molecule has 0 aliphatic carbocycles. The minimum absolute atomic E-state index is 0.0323. The number of hydrogen-bond acceptors (Lipinski definition) is 7. The zero-order valence-corrected chi connectivity index (χ0v) is 21.7. The number of nitrogens with zero attached hydrogens (tertiary/aromatic N) is 5. The van der Waals surface area contributed by atoms with E-state index in [9.17, 15) is 4.79 Å². The lowest BCUT2D eigenvalue weighted by Gasteiger charge is -2.37. The van der Waals surface area contributed by atoms with Crippen LogP contribution in [0.5, 0.6) is 0 Å². The zero-order valence-electron chi connectivity index (χ0n) is 20.9. The van der Waals surface area contributed by atoms with Gasteiger partial charge in [0.1, 0.15) is 10.3 Å². The van der Waals surface area contributed by atoms with E-state index >= 15 is 0 Å². The number of nitrogens with one attached hydrogen (secondary N) is 1. The number of amides is 1. The lowest BCUT2D eigenvalue weighted by atomic mass is 9.97. The highest BCUT2D eigenvalue weighted by Crippen LogP contribution is 2.30. The van der Waals surface area contributed by atoms with Crippen molar-refractivity contribution in [1.82, 2.24) is 20.2 Å². The van der Waals surface area contributed by atoms with Crippen LogP contribution in [0.1, 0.15) is 30.4 Å². The van der Waals surface area contributed by atoms with Gasteiger partial charge in [-0.1, -0.05) is 23.5 Å². The molecule has 3 aromatic rings.